The Morgan fingerprint density at radius 1 is 1.10 bits per heavy atom. The van der Waals surface area contributed by atoms with Crippen LogP contribution in [-0.2, 0) is 20.7 Å². The zero-order chi connectivity index (χ0) is 21.4. The van der Waals surface area contributed by atoms with Crippen molar-refractivity contribution >= 4 is 17.7 Å². The molecule has 6 heteroatoms. The molecule has 0 aromatic heterocycles. The van der Waals surface area contributed by atoms with Crippen molar-refractivity contribution in [2.75, 3.05) is 13.2 Å². The van der Waals surface area contributed by atoms with Gasteiger partial charge < -0.3 is 15.2 Å². The van der Waals surface area contributed by atoms with Crippen LogP contribution >= 0.6 is 0 Å². The predicted octanol–water partition coefficient (Wildman–Crippen LogP) is 2.81. The van der Waals surface area contributed by atoms with Gasteiger partial charge in [-0.2, -0.15) is 0 Å². The molecule has 2 N–H and O–H groups in total. The first-order chi connectivity index (χ1) is 14.3. The highest BCUT2D eigenvalue weighted by molar-refractivity contribution is 5.98. The Kier molecular flexibility index (Phi) is 5.71. The smallest absolute Gasteiger partial charge is 0.312 e. The molecule has 4 atom stereocenters. The molecule has 4 saturated carbocycles. The number of aryl methyl sites for hydroxylation is 1. The van der Waals surface area contributed by atoms with Crippen molar-refractivity contribution in [1.82, 2.24) is 5.32 Å². The van der Waals surface area contributed by atoms with Crippen LogP contribution in [0, 0.1) is 17.3 Å². The summed E-state index contributed by atoms with van der Waals surface area (Å²) < 4.78 is 5.48. The molecule has 0 heterocycles. The van der Waals surface area contributed by atoms with Crippen molar-refractivity contribution in [2.24, 2.45) is 17.3 Å². The third-order valence-electron chi connectivity index (χ3n) is 7.09. The molecule has 4 aliphatic rings. The van der Waals surface area contributed by atoms with Crippen molar-refractivity contribution < 1.29 is 24.2 Å². The second kappa shape index (κ2) is 8.14. The minimum absolute atomic E-state index is 0.0341. The maximum Gasteiger partial charge on any atom is 0.312 e. The monoisotopic (exact) mass is 413 g/mol. The summed E-state index contributed by atoms with van der Waals surface area (Å²) in [5.74, 6) is 0.248. The number of ether oxygens (including phenoxy) is 1. The molecule has 0 spiro atoms. The molecule has 4 fully saturated rings. The van der Waals surface area contributed by atoms with E-state index in [1.165, 1.54) is 6.92 Å². The minimum atomic E-state index is -0.719. The van der Waals surface area contributed by atoms with Gasteiger partial charge in [0.15, 0.2) is 12.4 Å². The normalized spacial score (nSPS) is 31.4. The zero-order valence-corrected chi connectivity index (χ0v) is 17.6. The lowest BCUT2D eigenvalue weighted by Crippen LogP contribution is -2.58. The van der Waals surface area contributed by atoms with Crippen LogP contribution in [0.2, 0.25) is 0 Å². The Labute approximate surface area is 177 Å². The number of aliphatic hydroxyl groups is 1. The fourth-order valence-corrected chi connectivity index (χ4v) is 6.23. The number of ketones is 1. The molecule has 30 heavy (non-hydrogen) atoms. The number of esters is 1. The number of hydrogen-bond acceptors (Lipinski definition) is 5. The van der Waals surface area contributed by atoms with Gasteiger partial charge in [0.05, 0.1) is 11.0 Å². The summed E-state index contributed by atoms with van der Waals surface area (Å²) in [5.41, 5.74) is 0.299. The van der Waals surface area contributed by atoms with Gasteiger partial charge in [-0.1, -0.05) is 24.3 Å². The number of amides is 1. The quantitative estimate of drug-likeness (QED) is 0.388. The summed E-state index contributed by atoms with van der Waals surface area (Å²) in [6.07, 6.45) is 6.40. The molecule has 1 aromatic carbocycles. The maximum atomic E-state index is 12.9. The van der Waals surface area contributed by atoms with Crippen molar-refractivity contribution in [3.63, 3.8) is 0 Å². The van der Waals surface area contributed by atoms with Crippen LogP contribution in [0.5, 0.6) is 0 Å². The molecule has 0 radical (unpaired) electrons. The van der Waals surface area contributed by atoms with E-state index in [-0.39, 0.29) is 24.3 Å². The Morgan fingerprint density at radius 3 is 2.37 bits per heavy atom. The van der Waals surface area contributed by atoms with Gasteiger partial charge >= 0.3 is 5.97 Å². The standard InChI is InChI=1S/C24H31NO5/c1-16(26)25-8-2-3-17-4-6-20(7-5-17)21(27)14-30-22(28)23-10-18-9-19(11-23)13-24(29,12-18)15-23/h4-7,18-19,29H,2-3,8-15H2,1H3,(H,25,26)/t18-,19+,23?,24?. The average Bonchev–Trinajstić information content (AvgIpc) is 2.67. The fraction of sp³-hybridized carbons (Fsp3) is 0.625. The number of carbonyl (C=O) groups excluding carboxylic acids is 3. The van der Waals surface area contributed by atoms with Gasteiger partial charge in [-0.3, -0.25) is 14.4 Å². The first kappa shape index (κ1) is 21.0. The van der Waals surface area contributed by atoms with E-state index >= 15 is 0 Å². The van der Waals surface area contributed by atoms with Crippen LogP contribution in [0.4, 0.5) is 0 Å². The molecule has 4 bridgehead atoms. The van der Waals surface area contributed by atoms with Gasteiger partial charge in [0.1, 0.15) is 0 Å². The number of benzene rings is 1. The van der Waals surface area contributed by atoms with Crippen molar-refractivity contribution in [3.8, 4) is 0 Å². The Balaban J connectivity index is 1.28. The molecule has 0 aliphatic heterocycles. The summed E-state index contributed by atoms with van der Waals surface area (Å²) in [6.45, 7) is 1.87. The summed E-state index contributed by atoms with van der Waals surface area (Å²) in [5, 5.41) is 13.6. The molecule has 6 nitrogen and oxygen atoms in total. The van der Waals surface area contributed by atoms with E-state index in [1.807, 2.05) is 12.1 Å². The molecule has 5 rings (SSSR count). The van der Waals surface area contributed by atoms with Gasteiger partial charge in [-0.25, -0.2) is 0 Å². The van der Waals surface area contributed by atoms with Crippen molar-refractivity contribution in [3.05, 3.63) is 35.4 Å². The van der Waals surface area contributed by atoms with Crippen LogP contribution in [0.15, 0.2) is 24.3 Å². The minimum Gasteiger partial charge on any atom is -0.457 e. The van der Waals surface area contributed by atoms with E-state index in [9.17, 15) is 19.5 Å². The van der Waals surface area contributed by atoms with Crippen LogP contribution in [0.1, 0.15) is 67.8 Å². The molecule has 2 unspecified atom stereocenters. The van der Waals surface area contributed by atoms with Gasteiger partial charge in [0, 0.05) is 19.0 Å². The lowest BCUT2D eigenvalue weighted by Gasteiger charge is -2.58. The highest BCUT2D eigenvalue weighted by Gasteiger charge is 2.60. The van der Waals surface area contributed by atoms with Crippen LogP contribution in [0.3, 0.4) is 0 Å². The molecule has 4 aliphatic carbocycles. The van der Waals surface area contributed by atoms with E-state index in [0.29, 0.717) is 30.4 Å². The topological polar surface area (TPSA) is 92.7 Å². The Morgan fingerprint density at radius 2 is 1.77 bits per heavy atom. The molecular weight excluding hydrogens is 382 g/mol. The summed E-state index contributed by atoms with van der Waals surface area (Å²) >= 11 is 0. The zero-order valence-electron chi connectivity index (χ0n) is 17.6. The Bertz CT molecular complexity index is 817. The second-order valence-corrected chi connectivity index (χ2v) is 9.75. The summed E-state index contributed by atoms with van der Waals surface area (Å²) in [6, 6.07) is 7.32. The third kappa shape index (κ3) is 4.43. The van der Waals surface area contributed by atoms with Crippen LogP contribution < -0.4 is 5.32 Å². The number of hydrogen-bond donors (Lipinski definition) is 2. The number of nitrogens with one attached hydrogen (secondary N) is 1. The average molecular weight is 414 g/mol. The van der Waals surface area contributed by atoms with Crippen molar-refractivity contribution in [1.29, 1.82) is 0 Å². The maximum absolute atomic E-state index is 12.9. The fourth-order valence-electron chi connectivity index (χ4n) is 6.23. The Hall–Kier alpha value is -2.21. The van der Waals surface area contributed by atoms with Gasteiger partial charge in [-0.05, 0) is 68.8 Å². The van der Waals surface area contributed by atoms with E-state index in [0.717, 1.165) is 50.5 Å². The van der Waals surface area contributed by atoms with E-state index in [1.54, 1.807) is 12.1 Å². The van der Waals surface area contributed by atoms with Crippen LogP contribution in [0.25, 0.3) is 0 Å². The first-order valence-corrected chi connectivity index (χ1v) is 11.0. The van der Waals surface area contributed by atoms with E-state index < -0.39 is 11.0 Å². The largest absolute Gasteiger partial charge is 0.457 e. The predicted molar refractivity (Wildman–Crippen MR) is 111 cm³/mol. The summed E-state index contributed by atoms with van der Waals surface area (Å²) in [7, 11) is 0. The lowest BCUT2D eigenvalue weighted by atomic mass is 9.48. The van der Waals surface area contributed by atoms with Crippen LogP contribution in [-0.4, -0.2) is 41.5 Å². The number of Topliss-reactive ketones (excluding diaryl/α,β-unsaturated/α-hetero) is 1. The SMILES string of the molecule is CC(=O)NCCCc1ccc(C(=O)COC(=O)C23C[C@@H]4C[C@@H](CC(O)(C4)C2)C3)cc1. The first-order valence-electron chi connectivity index (χ1n) is 11.0. The highest BCUT2D eigenvalue weighted by Crippen LogP contribution is 2.61. The molecular formula is C24H31NO5. The van der Waals surface area contributed by atoms with Gasteiger partial charge in [0.25, 0.3) is 0 Å². The number of carbonyl (C=O) groups is 3. The van der Waals surface area contributed by atoms with Gasteiger partial charge in [-0.15, -0.1) is 0 Å². The third-order valence-corrected chi connectivity index (χ3v) is 7.09. The van der Waals surface area contributed by atoms with Crippen molar-refractivity contribution in [2.45, 2.75) is 63.9 Å². The molecule has 1 amide bonds. The molecule has 0 saturated heterocycles. The highest BCUT2D eigenvalue weighted by atomic mass is 16.5. The van der Waals surface area contributed by atoms with E-state index in [4.69, 9.17) is 4.74 Å². The summed E-state index contributed by atoms with van der Waals surface area (Å²) in [4.78, 5) is 36.3. The lowest BCUT2D eigenvalue weighted by molar-refractivity contribution is -0.195. The van der Waals surface area contributed by atoms with E-state index in [2.05, 4.69) is 5.32 Å². The second-order valence-electron chi connectivity index (χ2n) is 9.75. The number of rotatable bonds is 8. The van der Waals surface area contributed by atoms with Gasteiger partial charge in [0.2, 0.25) is 5.91 Å². The molecule has 1 aromatic rings. The molecule has 162 valence electrons.